The highest BCUT2D eigenvalue weighted by Gasteiger charge is 2.37. The molecule has 2 aliphatic rings. The Bertz CT molecular complexity index is 909. The third-order valence-corrected chi connectivity index (χ3v) is 6.30. The molecule has 3 heterocycles. The molecule has 2 aliphatic heterocycles. The van der Waals surface area contributed by atoms with Gasteiger partial charge in [-0.2, -0.15) is 15.1 Å². The number of nitrogens with one attached hydrogen (secondary N) is 1. The van der Waals surface area contributed by atoms with Gasteiger partial charge in [0.2, 0.25) is 5.95 Å². The molecule has 0 spiro atoms. The molecule has 0 atom stereocenters. The van der Waals surface area contributed by atoms with E-state index in [4.69, 9.17) is 4.74 Å². The molecular formula is C15H14N6O2S2. The van der Waals surface area contributed by atoms with Gasteiger partial charge in [0.25, 0.3) is 5.91 Å². The van der Waals surface area contributed by atoms with Crippen molar-refractivity contribution in [1.29, 1.82) is 0 Å². The highest BCUT2D eigenvalue weighted by Crippen LogP contribution is 2.50. The molecule has 0 saturated carbocycles. The Hall–Kier alpha value is -2.46. The van der Waals surface area contributed by atoms with Gasteiger partial charge in [0.15, 0.2) is 5.17 Å². The number of fused-ring (bicyclic) bond motifs is 1. The van der Waals surface area contributed by atoms with Gasteiger partial charge in [-0.3, -0.25) is 9.69 Å². The number of benzene rings is 1. The SMILES string of the molecule is COc1ccc2c(c1)N(C)C(=C1SC(=Nc3ncn[nH]3)N(C)C1=O)S2. The van der Waals surface area contributed by atoms with Crippen LogP contribution in [0.25, 0.3) is 0 Å². The van der Waals surface area contributed by atoms with Crippen molar-refractivity contribution in [3.63, 3.8) is 0 Å². The van der Waals surface area contributed by atoms with Crippen molar-refractivity contribution in [3.05, 3.63) is 34.5 Å². The second-order valence-corrected chi connectivity index (χ2v) is 7.31. The molecular weight excluding hydrogens is 360 g/mol. The number of thioether (sulfide) groups is 2. The number of amides is 1. The number of aliphatic imine (C=N–C) groups is 1. The first kappa shape index (κ1) is 16.0. The summed E-state index contributed by atoms with van der Waals surface area (Å²) in [6.45, 7) is 0. The number of likely N-dealkylation sites (N-methyl/N-ethyl adjacent to an activating group) is 1. The summed E-state index contributed by atoms with van der Waals surface area (Å²) in [6, 6.07) is 5.88. The fourth-order valence-corrected chi connectivity index (χ4v) is 4.77. The summed E-state index contributed by atoms with van der Waals surface area (Å²) in [6.07, 6.45) is 1.38. The van der Waals surface area contributed by atoms with Crippen molar-refractivity contribution >= 4 is 46.2 Å². The Kier molecular flexibility index (Phi) is 3.92. The number of ether oxygens (including phenoxy) is 1. The number of carbonyl (C=O) groups excluding carboxylic acids is 1. The molecule has 2 aromatic rings. The molecule has 1 aromatic heterocycles. The minimum atomic E-state index is -0.0858. The number of hydrogen-bond acceptors (Lipinski definition) is 8. The van der Waals surface area contributed by atoms with E-state index in [1.165, 1.54) is 23.0 Å². The van der Waals surface area contributed by atoms with Crippen LogP contribution in [0.2, 0.25) is 0 Å². The van der Waals surface area contributed by atoms with E-state index >= 15 is 0 Å². The number of anilines is 1. The summed E-state index contributed by atoms with van der Waals surface area (Å²) >= 11 is 2.90. The Morgan fingerprint density at radius 1 is 1.24 bits per heavy atom. The van der Waals surface area contributed by atoms with Gasteiger partial charge in [-0.1, -0.05) is 11.8 Å². The van der Waals surface area contributed by atoms with Crippen LogP contribution in [-0.2, 0) is 4.79 Å². The Morgan fingerprint density at radius 2 is 2.08 bits per heavy atom. The van der Waals surface area contributed by atoms with Crippen molar-refractivity contribution in [3.8, 4) is 5.75 Å². The van der Waals surface area contributed by atoms with Crippen LogP contribution in [0.15, 0.2) is 44.3 Å². The maximum Gasteiger partial charge on any atom is 0.269 e. The predicted octanol–water partition coefficient (Wildman–Crippen LogP) is 2.42. The van der Waals surface area contributed by atoms with Crippen molar-refractivity contribution in [2.75, 3.05) is 26.1 Å². The van der Waals surface area contributed by atoms with E-state index in [9.17, 15) is 4.79 Å². The van der Waals surface area contributed by atoms with E-state index in [2.05, 4.69) is 20.2 Å². The summed E-state index contributed by atoms with van der Waals surface area (Å²) in [5, 5.41) is 7.89. The summed E-state index contributed by atoms with van der Waals surface area (Å²) in [7, 11) is 5.29. The maximum absolute atomic E-state index is 12.7. The standard InChI is InChI=1S/C15H14N6O2S2/c1-20-9-6-8(23-3)4-5-10(9)24-13(20)11-12(22)21(2)15(25-11)18-14-16-7-17-19-14/h4-7H,1-3H3,(H,16,17,19). The fourth-order valence-electron chi connectivity index (χ4n) is 2.47. The number of rotatable bonds is 2. The van der Waals surface area contributed by atoms with E-state index in [1.54, 1.807) is 25.9 Å². The molecule has 4 rings (SSSR count). The number of hydrogen-bond donors (Lipinski definition) is 1. The average Bonchev–Trinajstić information content (AvgIpc) is 3.31. The lowest BCUT2D eigenvalue weighted by Crippen LogP contribution is -2.24. The van der Waals surface area contributed by atoms with E-state index < -0.39 is 0 Å². The van der Waals surface area contributed by atoms with Crippen molar-refractivity contribution < 1.29 is 9.53 Å². The smallest absolute Gasteiger partial charge is 0.269 e. The minimum Gasteiger partial charge on any atom is -0.497 e. The number of aromatic amines is 1. The quantitative estimate of drug-likeness (QED) is 0.808. The molecule has 0 radical (unpaired) electrons. The first-order valence-corrected chi connectivity index (χ1v) is 8.95. The van der Waals surface area contributed by atoms with Crippen molar-refractivity contribution in [2.24, 2.45) is 4.99 Å². The van der Waals surface area contributed by atoms with Crippen LogP contribution in [0, 0.1) is 0 Å². The molecule has 0 unspecified atom stereocenters. The number of aromatic nitrogens is 3. The molecule has 1 aromatic carbocycles. The van der Waals surface area contributed by atoms with E-state index in [1.807, 2.05) is 30.1 Å². The summed E-state index contributed by atoms with van der Waals surface area (Å²) < 4.78 is 5.29. The first-order chi connectivity index (χ1) is 12.1. The Morgan fingerprint density at radius 3 is 2.80 bits per heavy atom. The molecule has 1 saturated heterocycles. The minimum absolute atomic E-state index is 0.0858. The van der Waals surface area contributed by atoms with Crippen molar-refractivity contribution in [2.45, 2.75) is 4.90 Å². The lowest BCUT2D eigenvalue weighted by molar-refractivity contribution is -0.121. The molecule has 1 N–H and O–H groups in total. The number of amidine groups is 1. The predicted molar refractivity (Wildman–Crippen MR) is 98.1 cm³/mol. The highest BCUT2D eigenvalue weighted by molar-refractivity contribution is 8.19. The number of nitrogens with zero attached hydrogens (tertiary/aromatic N) is 5. The van der Waals surface area contributed by atoms with Gasteiger partial charge in [-0.15, -0.1) is 0 Å². The average molecular weight is 374 g/mol. The molecule has 1 amide bonds. The van der Waals surface area contributed by atoms with Crippen LogP contribution in [0.4, 0.5) is 11.6 Å². The van der Waals surface area contributed by atoms with Gasteiger partial charge >= 0.3 is 0 Å². The number of methoxy groups -OCH3 is 1. The van der Waals surface area contributed by atoms with Gasteiger partial charge in [0.1, 0.15) is 17.0 Å². The molecule has 0 bridgehead atoms. The zero-order valence-electron chi connectivity index (χ0n) is 13.7. The lowest BCUT2D eigenvalue weighted by Gasteiger charge is -2.15. The Labute approximate surface area is 152 Å². The number of H-pyrrole nitrogens is 1. The third kappa shape index (κ3) is 2.67. The van der Waals surface area contributed by atoms with Crippen LogP contribution in [0.1, 0.15) is 0 Å². The van der Waals surface area contributed by atoms with E-state index in [0.717, 1.165) is 21.4 Å². The normalized spacial score (nSPS) is 21.4. The molecule has 10 heteroatoms. The molecule has 1 fully saturated rings. The van der Waals surface area contributed by atoms with Crippen LogP contribution in [0.3, 0.4) is 0 Å². The zero-order chi connectivity index (χ0) is 17.6. The second kappa shape index (κ2) is 6.12. The van der Waals surface area contributed by atoms with E-state index in [-0.39, 0.29) is 5.91 Å². The molecule has 128 valence electrons. The van der Waals surface area contributed by atoms with Gasteiger partial charge < -0.3 is 9.64 Å². The maximum atomic E-state index is 12.7. The zero-order valence-corrected chi connectivity index (χ0v) is 15.3. The van der Waals surface area contributed by atoms with Gasteiger partial charge in [0, 0.05) is 25.1 Å². The van der Waals surface area contributed by atoms with Gasteiger partial charge in [-0.25, -0.2) is 5.10 Å². The third-order valence-electron chi connectivity index (χ3n) is 3.82. The summed E-state index contributed by atoms with van der Waals surface area (Å²) in [4.78, 5) is 26.3. The van der Waals surface area contributed by atoms with Gasteiger partial charge in [-0.05, 0) is 23.9 Å². The van der Waals surface area contributed by atoms with Crippen LogP contribution >= 0.6 is 23.5 Å². The van der Waals surface area contributed by atoms with Crippen molar-refractivity contribution in [1.82, 2.24) is 20.1 Å². The summed E-state index contributed by atoms with van der Waals surface area (Å²) in [5.74, 6) is 1.07. The topological polar surface area (TPSA) is 86.7 Å². The van der Waals surface area contributed by atoms with Crippen LogP contribution in [0.5, 0.6) is 5.75 Å². The Balaban J connectivity index is 1.71. The largest absolute Gasteiger partial charge is 0.497 e. The monoisotopic (exact) mass is 374 g/mol. The molecule has 25 heavy (non-hydrogen) atoms. The van der Waals surface area contributed by atoms with Gasteiger partial charge in [0.05, 0.1) is 17.8 Å². The highest BCUT2D eigenvalue weighted by atomic mass is 32.2. The lowest BCUT2D eigenvalue weighted by atomic mass is 10.3. The fraction of sp³-hybridized carbons (Fsp3) is 0.200. The second-order valence-electron chi connectivity index (χ2n) is 5.30. The molecule has 8 nitrogen and oxygen atoms in total. The first-order valence-electron chi connectivity index (χ1n) is 7.32. The summed E-state index contributed by atoms with van der Waals surface area (Å²) in [5.41, 5.74) is 1.02. The number of carbonyl (C=O) groups is 1. The van der Waals surface area contributed by atoms with Crippen LogP contribution < -0.4 is 9.64 Å². The van der Waals surface area contributed by atoms with Crippen LogP contribution in [-0.4, -0.2) is 52.4 Å². The molecule has 0 aliphatic carbocycles. The van der Waals surface area contributed by atoms with E-state index in [0.29, 0.717) is 16.0 Å².